The molecule has 0 aromatic heterocycles. The van der Waals surface area contributed by atoms with Crippen LogP contribution in [-0.4, -0.2) is 25.7 Å². The van der Waals surface area contributed by atoms with E-state index in [4.69, 9.17) is 4.74 Å². The molecule has 0 heterocycles. The number of ether oxygens (including phenoxy) is 1. The monoisotopic (exact) mass is 205 g/mol. The van der Waals surface area contributed by atoms with E-state index in [0.717, 1.165) is 0 Å². The fraction of sp³-hybridized carbons (Fsp3) is 0.250. The van der Waals surface area contributed by atoms with Gasteiger partial charge in [0.1, 0.15) is 0 Å². The predicted octanol–water partition coefficient (Wildman–Crippen LogP) is 1.62. The SMILES string of the molecule is C=CCOCCNC(=O)c1ccccc1. The lowest BCUT2D eigenvalue weighted by atomic mass is 10.2. The third-order valence-corrected chi connectivity index (χ3v) is 1.80. The number of carbonyl (C=O) groups excluding carboxylic acids is 1. The molecule has 1 rings (SSSR count). The molecule has 3 heteroatoms. The van der Waals surface area contributed by atoms with Crippen molar-refractivity contribution in [2.24, 2.45) is 0 Å². The fourth-order valence-electron chi connectivity index (χ4n) is 1.09. The molecule has 0 aliphatic rings. The molecule has 0 bridgehead atoms. The number of benzene rings is 1. The Balaban J connectivity index is 2.22. The molecule has 0 saturated heterocycles. The summed E-state index contributed by atoms with van der Waals surface area (Å²) in [6.07, 6.45) is 1.68. The molecule has 0 spiro atoms. The molecule has 3 nitrogen and oxygen atoms in total. The van der Waals surface area contributed by atoms with Gasteiger partial charge in [-0.1, -0.05) is 24.3 Å². The third-order valence-electron chi connectivity index (χ3n) is 1.80. The first kappa shape index (κ1) is 11.5. The molecule has 0 atom stereocenters. The normalized spacial score (nSPS) is 9.60. The minimum Gasteiger partial charge on any atom is -0.376 e. The van der Waals surface area contributed by atoms with Crippen molar-refractivity contribution in [3.8, 4) is 0 Å². The Morgan fingerprint density at radius 1 is 1.40 bits per heavy atom. The topological polar surface area (TPSA) is 38.3 Å². The zero-order valence-corrected chi connectivity index (χ0v) is 8.61. The van der Waals surface area contributed by atoms with Crippen LogP contribution in [0.3, 0.4) is 0 Å². The Kier molecular flexibility index (Phi) is 5.19. The lowest BCUT2D eigenvalue weighted by Gasteiger charge is -2.04. The van der Waals surface area contributed by atoms with E-state index in [1.807, 2.05) is 18.2 Å². The van der Waals surface area contributed by atoms with Crippen molar-refractivity contribution < 1.29 is 9.53 Å². The summed E-state index contributed by atoms with van der Waals surface area (Å²) >= 11 is 0. The molecular formula is C12H15NO2. The second kappa shape index (κ2) is 6.79. The maximum absolute atomic E-state index is 11.5. The van der Waals surface area contributed by atoms with Crippen molar-refractivity contribution >= 4 is 5.91 Å². The number of carbonyl (C=O) groups is 1. The van der Waals surface area contributed by atoms with Gasteiger partial charge in [0.15, 0.2) is 0 Å². The van der Waals surface area contributed by atoms with E-state index >= 15 is 0 Å². The molecule has 1 amide bonds. The summed E-state index contributed by atoms with van der Waals surface area (Å²) in [7, 11) is 0. The van der Waals surface area contributed by atoms with Crippen molar-refractivity contribution in [3.63, 3.8) is 0 Å². The summed E-state index contributed by atoms with van der Waals surface area (Å²) in [6.45, 7) is 5.06. The highest BCUT2D eigenvalue weighted by molar-refractivity contribution is 5.94. The number of hydrogen-bond donors (Lipinski definition) is 1. The molecule has 0 aliphatic heterocycles. The predicted molar refractivity (Wildman–Crippen MR) is 59.8 cm³/mol. The zero-order chi connectivity index (χ0) is 10.9. The molecule has 0 radical (unpaired) electrons. The van der Waals surface area contributed by atoms with E-state index in [0.29, 0.717) is 25.3 Å². The molecule has 80 valence electrons. The molecule has 0 unspecified atom stereocenters. The Morgan fingerprint density at radius 3 is 2.80 bits per heavy atom. The molecule has 1 aromatic rings. The van der Waals surface area contributed by atoms with Gasteiger partial charge in [-0.15, -0.1) is 6.58 Å². The van der Waals surface area contributed by atoms with Crippen LogP contribution in [-0.2, 0) is 4.74 Å². The highest BCUT2D eigenvalue weighted by Crippen LogP contribution is 1.97. The second-order valence-electron chi connectivity index (χ2n) is 2.99. The number of nitrogens with one attached hydrogen (secondary N) is 1. The van der Waals surface area contributed by atoms with Crippen molar-refractivity contribution in [2.45, 2.75) is 0 Å². The van der Waals surface area contributed by atoms with Gasteiger partial charge in [-0.2, -0.15) is 0 Å². The van der Waals surface area contributed by atoms with E-state index in [-0.39, 0.29) is 5.91 Å². The highest BCUT2D eigenvalue weighted by atomic mass is 16.5. The van der Waals surface area contributed by atoms with Crippen LogP contribution in [0.1, 0.15) is 10.4 Å². The van der Waals surface area contributed by atoms with Crippen LogP contribution in [0.2, 0.25) is 0 Å². The Hall–Kier alpha value is -1.61. The fourth-order valence-corrected chi connectivity index (χ4v) is 1.09. The molecule has 15 heavy (non-hydrogen) atoms. The minimum atomic E-state index is -0.0715. The van der Waals surface area contributed by atoms with Crippen LogP contribution >= 0.6 is 0 Å². The van der Waals surface area contributed by atoms with Gasteiger partial charge in [-0.3, -0.25) is 4.79 Å². The maximum Gasteiger partial charge on any atom is 0.251 e. The first-order chi connectivity index (χ1) is 7.34. The third kappa shape index (κ3) is 4.42. The maximum atomic E-state index is 11.5. The number of amides is 1. The van der Waals surface area contributed by atoms with Crippen LogP contribution in [0, 0.1) is 0 Å². The Morgan fingerprint density at radius 2 is 2.13 bits per heavy atom. The molecule has 1 aromatic carbocycles. The number of hydrogen-bond acceptors (Lipinski definition) is 2. The van der Waals surface area contributed by atoms with Crippen LogP contribution in [0.15, 0.2) is 43.0 Å². The first-order valence-electron chi connectivity index (χ1n) is 4.86. The molecule has 0 saturated carbocycles. The summed E-state index contributed by atoms with van der Waals surface area (Å²) in [5.41, 5.74) is 0.668. The Bertz CT molecular complexity index is 309. The molecular weight excluding hydrogens is 190 g/mol. The first-order valence-corrected chi connectivity index (χ1v) is 4.86. The second-order valence-corrected chi connectivity index (χ2v) is 2.99. The molecule has 0 aliphatic carbocycles. The van der Waals surface area contributed by atoms with Gasteiger partial charge >= 0.3 is 0 Å². The van der Waals surface area contributed by atoms with Crippen molar-refractivity contribution in [1.82, 2.24) is 5.32 Å². The zero-order valence-electron chi connectivity index (χ0n) is 8.61. The van der Waals surface area contributed by atoms with Gasteiger partial charge < -0.3 is 10.1 Å². The summed E-state index contributed by atoms with van der Waals surface area (Å²) in [5, 5.41) is 2.76. The van der Waals surface area contributed by atoms with E-state index in [1.54, 1.807) is 18.2 Å². The number of rotatable bonds is 6. The van der Waals surface area contributed by atoms with Gasteiger partial charge in [0.05, 0.1) is 13.2 Å². The average Bonchev–Trinajstić information content (AvgIpc) is 2.30. The van der Waals surface area contributed by atoms with Crippen molar-refractivity contribution in [2.75, 3.05) is 19.8 Å². The largest absolute Gasteiger partial charge is 0.376 e. The Labute approximate surface area is 89.8 Å². The van der Waals surface area contributed by atoms with Crippen molar-refractivity contribution in [3.05, 3.63) is 48.6 Å². The van der Waals surface area contributed by atoms with Crippen LogP contribution < -0.4 is 5.32 Å². The summed E-state index contributed by atoms with van der Waals surface area (Å²) < 4.78 is 5.14. The van der Waals surface area contributed by atoms with Gasteiger partial charge in [0.25, 0.3) is 5.91 Å². The van der Waals surface area contributed by atoms with Gasteiger partial charge in [0.2, 0.25) is 0 Å². The lowest BCUT2D eigenvalue weighted by Crippen LogP contribution is -2.27. The standard InChI is InChI=1S/C12H15NO2/c1-2-9-15-10-8-13-12(14)11-6-4-3-5-7-11/h2-7H,1,8-10H2,(H,13,14). The van der Waals surface area contributed by atoms with E-state index < -0.39 is 0 Å². The van der Waals surface area contributed by atoms with Gasteiger partial charge in [-0.25, -0.2) is 0 Å². The van der Waals surface area contributed by atoms with E-state index in [1.165, 1.54) is 0 Å². The smallest absolute Gasteiger partial charge is 0.251 e. The molecule has 1 N–H and O–H groups in total. The highest BCUT2D eigenvalue weighted by Gasteiger charge is 2.01. The average molecular weight is 205 g/mol. The minimum absolute atomic E-state index is 0.0715. The van der Waals surface area contributed by atoms with E-state index in [2.05, 4.69) is 11.9 Å². The molecule has 0 fully saturated rings. The summed E-state index contributed by atoms with van der Waals surface area (Å²) in [4.78, 5) is 11.5. The van der Waals surface area contributed by atoms with Gasteiger partial charge in [-0.05, 0) is 12.1 Å². The van der Waals surface area contributed by atoms with Crippen LogP contribution in [0.5, 0.6) is 0 Å². The van der Waals surface area contributed by atoms with Gasteiger partial charge in [0, 0.05) is 12.1 Å². The van der Waals surface area contributed by atoms with Crippen molar-refractivity contribution in [1.29, 1.82) is 0 Å². The summed E-state index contributed by atoms with van der Waals surface area (Å²) in [5.74, 6) is -0.0715. The van der Waals surface area contributed by atoms with E-state index in [9.17, 15) is 4.79 Å². The summed E-state index contributed by atoms with van der Waals surface area (Å²) in [6, 6.07) is 9.11. The quantitative estimate of drug-likeness (QED) is 0.566. The van der Waals surface area contributed by atoms with Crippen LogP contribution in [0.4, 0.5) is 0 Å². The lowest BCUT2D eigenvalue weighted by molar-refractivity contribution is 0.0928. The van der Waals surface area contributed by atoms with Crippen LogP contribution in [0.25, 0.3) is 0 Å².